The molecule has 0 heterocycles. The molecule has 18 nitrogen and oxygen atoms in total. The van der Waals surface area contributed by atoms with E-state index in [-0.39, 0.29) is 325 Å². The molecule has 0 unspecified atom stereocenters. The number of hydrogen-bond acceptors (Lipinski definition) is 6. The third-order valence-corrected chi connectivity index (χ3v) is 0. The molecule has 0 aliphatic heterocycles. The Morgan fingerprint density at radius 3 is 0.200 bits per heavy atom. The second-order valence-electron chi connectivity index (χ2n) is 1.70. The predicted molar refractivity (Wildman–Crippen MR) is 143 cm³/mol. The summed E-state index contributed by atoms with van der Waals surface area (Å²) in [6.07, 6.45) is -11.0. The Balaban J connectivity index is -0.00000000697. The summed E-state index contributed by atoms with van der Waals surface area (Å²) in [5, 5.41) is 83.7. The molecule has 0 saturated carbocycles. The molecule has 0 aromatic rings. The third kappa shape index (κ3) is 1380. The van der Waals surface area contributed by atoms with E-state index in [0.29, 0.717) is 0 Å². The van der Waals surface area contributed by atoms with Gasteiger partial charge < -0.3 is 61.3 Å². The number of hydrogen-bond donors (Lipinski definition) is 12. The van der Waals surface area contributed by atoms with Crippen LogP contribution in [0.3, 0.4) is 0 Å². The van der Waals surface area contributed by atoms with E-state index in [1.807, 2.05) is 0 Å². The van der Waals surface area contributed by atoms with Gasteiger partial charge in [-0.25, -0.2) is 28.8 Å². The molecule has 0 amide bonds. The number of carboxylic acid groups (broad SMARTS) is 12. The van der Waals surface area contributed by atoms with Crippen molar-refractivity contribution < 1.29 is 90.0 Å². The van der Waals surface area contributed by atoms with E-state index < -0.39 is 36.9 Å². The molecule has 29 heteroatoms. The van der Waals surface area contributed by atoms with Crippen LogP contribution >= 0.6 is 0 Å². The molecule has 0 aromatic heterocycles. The van der Waals surface area contributed by atoms with Gasteiger partial charge in [0.15, 0.2) is 0 Å². The molecule has 0 bridgehead atoms. The first-order valence-electron chi connectivity index (χ1n) is 3.91. The van der Waals surface area contributed by atoms with E-state index in [2.05, 4.69) is 0 Å². The third-order valence-electron chi connectivity index (χ3n) is 0. The van der Waals surface area contributed by atoms with Gasteiger partial charge in [-0.3, -0.25) is 0 Å². The molecule has 0 fully saturated rings. The summed E-state index contributed by atoms with van der Waals surface area (Å²) in [5.41, 5.74) is 0. The summed E-state index contributed by atoms with van der Waals surface area (Å²) >= 11 is 0. The summed E-state index contributed by atoms with van der Waals surface area (Å²) in [4.78, 5) is 51.3. The predicted octanol–water partition coefficient (Wildman–Crippen LogP) is -5.80. The van der Waals surface area contributed by atoms with Gasteiger partial charge in [0.25, 0.3) is 0 Å². The van der Waals surface area contributed by atoms with Crippen LogP contribution < -0.4 is 0 Å². The maximum absolute atomic E-state index is 8.56. The molecule has 0 aliphatic carbocycles. The van der Waals surface area contributed by atoms with E-state index in [4.69, 9.17) is 90.0 Å². The average molecular weight is 636 g/mol. The summed E-state index contributed by atoms with van der Waals surface area (Å²) in [5.74, 6) is 0. The van der Waals surface area contributed by atoms with Crippen molar-refractivity contribution in [3.63, 3.8) is 0 Å². The molecular weight excluding hydrogens is 613 g/mol. The fourth-order valence-electron chi connectivity index (χ4n) is 0. The van der Waals surface area contributed by atoms with Crippen LogP contribution in [0.2, 0.25) is 0 Å². The number of rotatable bonds is 0. The van der Waals surface area contributed by atoms with Gasteiger partial charge >= 0.3 is 362 Å². The quantitative estimate of drug-likeness (QED) is 0.110. The monoisotopic (exact) mass is 636 g/mol. The zero-order valence-electron chi connectivity index (χ0n) is 10.8. The normalized spacial score (nSPS) is 4.11. The molecular formula is C6H23Na11O18. The van der Waals surface area contributed by atoms with Gasteiger partial charge in [0.05, 0.1) is 0 Å². The van der Waals surface area contributed by atoms with Crippen molar-refractivity contribution in [3.05, 3.63) is 0 Å². The van der Waals surface area contributed by atoms with Crippen LogP contribution in [0.1, 0.15) is 0 Å². The van der Waals surface area contributed by atoms with Gasteiger partial charge in [0, 0.05) is 0 Å². The van der Waals surface area contributed by atoms with Gasteiger partial charge in [-0.1, -0.05) is 0 Å². The molecule has 0 radical (unpaired) electrons. The zero-order valence-corrected chi connectivity index (χ0v) is 10.8. The Bertz CT molecular complexity index is 282. The SMILES string of the molecule is O=C(O)O.O=C(O)O.O=C(O)O.O=C(O)O.O=C(O)O.O=C(O)O.[NaH].[NaH].[NaH].[NaH].[NaH].[NaH].[NaH].[NaH].[NaH].[NaH].[NaH]. The Morgan fingerprint density at radius 2 is 0.200 bits per heavy atom. The van der Waals surface area contributed by atoms with Gasteiger partial charge in [-0.15, -0.1) is 0 Å². The first kappa shape index (κ1) is 113. The second kappa shape index (κ2) is 105. The van der Waals surface area contributed by atoms with E-state index in [9.17, 15) is 0 Å². The molecule has 0 aromatic carbocycles. The Kier molecular flexibility index (Phi) is 341. The van der Waals surface area contributed by atoms with Crippen molar-refractivity contribution in [2.45, 2.75) is 0 Å². The van der Waals surface area contributed by atoms with Gasteiger partial charge in [-0.05, 0) is 0 Å². The molecule has 0 aliphatic rings. The van der Waals surface area contributed by atoms with Crippen molar-refractivity contribution in [2.24, 2.45) is 0 Å². The Morgan fingerprint density at radius 1 is 0.200 bits per heavy atom. The van der Waals surface area contributed by atoms with Crippen LogP contribution in [0.4, 0.5) is 28.8 Å². The fourth-order valence-corrected chi connectivity index (χ4v) is 0. The van der Waals surface area contributed by atoms with E-state index in [1.165, 1.54) is 0 Å². The molecule has 0 atom stereocenters. The number of carbonyl (C=O) groups is 6. The standard InChI is InChI=1S/6CH2O3.11Na.11H/c6*2-1(3)4;;;;;;;;;;;;;;;;;;;;;;/h6*(H2,2,3,4);;;;;;;;;;;;;;;;;;;;;;. The zero-order chi connectivity index (χ0) is 21.5. The second-order valence-corrected chi connectivity index (χ2v) is 1.70. The van der Waals surface area contributed by atoms with Crippen LogP contribution in [0.25, 0.3) is 0 Å². The summed E-state index contributed by atoms with van der Waals surface area (Å²) < 4.78 is 0. The van der Waals surface area contributed by atoms with E-state index >= 15 is 0 Å². The van der Waals surface area contributed by atoms with Crippen molar-refractivity contribution in [3.8, 4) is 0 Å². The van der Waals surface area contributed by atoms with Crippen LogP contribution in [0.15, 0.2) is 0 Å². The topological polar surface area (TPSA) is 345 Å². The van der Waals surface area contributed by atoms with Gasteiger partial charge in [0.1, 0.15) is 0 Å². The van der Waals surface area contributed by atoms with Crippen molar-refractivity contribution >= 4 is 362 Å². The summed E-state index contributed by atoms with van der Waals surface area (Å²) in [6, 6.07) is 0. The molecule has 35 heavy (non-hydrogen) atoms. The molecule has 0 saturated heterocycles. The van der Waals surface area contributed by atoms with Crippen molar-refractivity contribution in [1.29, 1.82) is 0 Å². The first-order valence-corrected chi connectivity index (χ1v) is 3.91. The van der Waals surface area contributed by atoms with E-state index in [0.717, 1.165) is 0 Å². The summed E-state index contributed by atoms with van der Waals surface area (Å²) in [6.45, 7) is 0. The molecule has 166 valence electrons. The molecule has 0 spiro atoms. The van der Waals surface area contributed by atoms with Crippen LogP contribution in [-0.4, -0.2) is 423 Å². The Hall–Kier alpha value is 6.62. The van der Waals surface area contributed by atoms with Crippen LogP contribution in [-0.2, 0) is 0 Å². The van der Waals surface area contributed by atoms with Crippen molar-refractivity contribution in [2.75, 3.05) is 0 Å². The van der Waals surface area contributed by atoms with Gasteiger partial charge in [0.2, 0.25) is 0 Å². The average Bonchev–Trinajstić information content (AvgIpc) is 2.08. The Labute approximate surface area is 441 Å². The van der Waals surface area contributed by atoms with Crippen molar-refractivity contribution in [1.82, 2.24) is 0 Å². The summed E-state index contributed by atoms with van der Waals surface area (Å²) in [7, 11) is 0. The molecule has 12 N–H and O–H groups in total. The van der Waals surface area contributed by atoms with Gasteiger partial charge in [-0.2, -0.15) is 0 Å². The van der Waals surface area contributed by atoms with E-state index in [1.54, 1.807) is 0 Å². The fraction of sp³-hybridized carbons (Fsp3) is 0. The maximum atomic E-state index is 8.56. The minimum absolute atomic E-state index is 0. The van der Waals surface area contributed by atoms with Crippen LogP contribution in [0, 0.1) is 0 Å². The first-order chi connectivity index (χ1) is 10.4. The molecule has 0 rings (SSSR count). The van der Waals surface area contributed by atoms with Crippen LogP contribution in [0.5, 0.6) is 0 Å². The minimum atomic E-state index is -1.83.